The minimum atomic E-state index is -0.436. The lowest BCUT2D eigenvalue weighted by Gasteiger charge is -2.07. The molecule has 0 aliphatic rings. The van der Waals surface area contributed by atoms with Crippen LogP contribution in [0.2, 0.25) is 0 Å². The number of hydrogen-bond acceptors (Lipinski definition) is 5. The molecule has 5 nitrogen and oxygen atoms in total. The maximum Gasteiger partial charge on any atom is 0.343 e. The van der Waals surface area contributed by atoms with E-state index in [-0.39, 0.29) is 0 Å². The molecule has 0 aliphatic heterocycles. The van der Waals surface area contributed by atoms with Gasteiger partial charge in [-0.2, -0.15) is 0 Å². The van der Waals surface area contributed by atoms with Gasteiger partial charge in [0.15, 0.2) is 0 Å². The summed E-state index contributed by atoms with van der Waals surface area (Å²) in [6, 6.07) is 24.4. The second-order valence-electron chi connectivity index (χ2n) is 8.73. The van der Waals surface area contributed by atoms with Gasteiger partial charge < -0.3 is 9.15 Å². The van der Waals surface area contributed by atoms with Gasteiger partial charge in [0.2, 0.25) is 5.89 Å². The van der Waals surface area contributed by atoms with E-state index >= 15 is 0 Å². The van der Waals surface area contributed by atoms with Gasteiger partial charge in [-0.25, -0.2) is 4.79 Å². The standard InChI is InChI=1S/C30H32N2O3/c1-2-3-4-5-6-7-9-14-23-19-21-24(22-20-23)28-31-32-29(35-28)26-17-12-13-18-27(26)34-30(33)25-15-10-8-11-16-25/h8,10-13,15-22H,2-7,9,14H2,1H3. The Morgan fingerprint density at radius 1 is 0.743 bits per heavy atom. The minimum Gasteiger partial charge on any atom is -0.422 e. The molecule has 35 heavy (non-hydrogen) atoms. The molecule has 1 aromatic heterocycles. The van der Waals surface area contributed by atoms with E-state index in [1.807, 2.05) is 24.3 Å². The zero-order valence-corrected chi connectivity index (χ0v) is 20.3. The van der Waals surface area contributed by atoms with Gasteiger partial charge in [0.25, 0.3) is 5.89 Å². The van der Waals surface area contributed by atoms with E-state index in [0.29, 0.717) is 28.7 Å². The number of rotatable bonds is 12. The number of benzene rings is 3. The third-order valence-corrected chi connectivity index (χ3v) is 6.02. The predicted octanol–water partition coefficient (Wildman–Crippen LogP) is 7.92. The van der Waals surface area contributed by atoms with Crippen molar-refractivity contribution in [3.8, 4) is 28.7 Å². The van der Waals surface area contributed by atoms with Crippen LogP contribution in [0, 0.1) is 0 Å². The van der Waals surface area contributed by atoms with Crippen LogP contribution in [0.25, 0.3) is 22.9 Å². The molecule has 180 valence electrons. The van der Waals surface area contributed by atoms with Crippen molar-refractivity contribution in [2.24, 2.45) is 0 Å². The summed E-state index contributed by atoms with van der Waals surface area (Å²) in [5, 5.41) is 8.43. The Hall–Kier alpha value is -3.73. The quantitative estimate of drug-likeness (QED) is 0.120. The van der Waals surface area contributed by atoms with Crippen LogP contribution in [-0.2, 0) is 6.42 Å². The van der Waals surface area contributed by atoms with Crippen LogP contribution in [0.15, 0.2) is 83.3 Å². The number of para-hydroxylation sites is 1. The molecular formula is C30H32N2O3. The van der Waals surface area contributed by atoms with Crippen molar-refractivity contribution in [2.75, 3.05) is 0 Å². The average molecular weight is 469 g/mol. The molecule has 5 heteroatoms. The lowest BCUT2D eigenvalue weighted by Crippen LogP contribution is -2.08. The fraction of sp³-hybridized carbons (Fsp3) is 0.300. The first-order valence-corrected chi connectivity index (χ1v) is 12.5. The van der Waals surface area contributed by atoms with Gasteiger partial charge >= 0.3 is 5.97 Å². The Labute approximate surface area is 207 Å². The molecule has 4 rings (SSSR count). The highest BCUT2D eigenvalue weighted by Gasteiger charge is 2.17. The molecule has 1 heterocycles. The maximum atomic E-state index is 12.5. The topological polar surface area (TPSA) is 65.2 Å². The molecule has 0 unspecified atom stereocenters. The van der Waals surface area contributed by atoms with E-state index in [0.717, 1.165) is 12.0 Å². The third kappa shape index (κ3) is 6.89. The molecule has 0 amide bonds. The van der Waals surface area contributed by atoms with Gasteiger partial charge in [-0.15, -0.1) is 10.2 Å². The summed E-state index contributed by atoms with van der Waals surface area (Å²) < 4.78 is 11.6. The highest BCUT2D eigenvalue weighted by atomic mass is 16.5. The van der Waals surface area contributed by atoms with Gasteiger partial charge in [0.1, 0.15) is 5.75 Å². The van der Waals surface area contributed by atoms with Crippen LogP contribution in [0.4, 0.5) is 0 Å². The molecule has 0 aliphatic carbocycles. The Kier molecular flexibility index (Phi) is 8.82. The highest BCUT2D eigenvalue weighted by Crippen LogP contribution is 2.31. The Morgan fingerprint density at radius 2 is 1.40 bits per heavy atom. The molecule has 4 aromatic rings. The van der Waals surface area contributed by atoms with Gasteiger partial charge in [-0.05, 0) is 54.8 Å². The summed E-state index contributed by atoms with van der Waals surface area (Å²) >= 11 is 0. The number of aromatic nitrogens is 2. The van der Waals surface area contributed by atoms with Crippen molar-refractivity contribution in [1.82, 2.24) is 10.2 Å². The highest BCUT2D eigenvalue weighted by molar-refractivity contribution is 5.91. The van der Waals surface area contributed by atoms with Crippen LogP contribution in [0.1, 0.15) is 67.8 Å². The summed E-state index contributed by atoms with van der Waals surface area (Å²) in [5.74, 6) is 0.686. The summed E-state index contributed by atoms with van der Waals surface area (Å²) in [4.78, 5) is 12.5. The molecule has 0 spiro atoms. The number of hydrogen-bond donors (Lipinski definition) is 0. The number of carbonyl (C=O) groups is 1. The fourth-order valence-electron chi connectivity index (χ4n) is 4.01. The number of unbranched alkanes of at least 4 members (excludes halogenated alkanes) is 6. The second kappa shape index (κ2) is 12.7. The van der Waals surface area contributed by atoms with Gasteiger partial charge in [-0.3, -0.25) is 0 Å². The maximum absolute atomic E-state index is 12.5. The molecule has 0 saturated carbocycles. The first-order valence-electron chi connectivity index (χ1n) is 12.5. The van der Waals surface area contributed by atoms with E-state index in [1.165, 1.54) is 50.5 Å². The SMILES string of the molecule is CCCCCCCCCc1ccc(-c2nnc(-c3ccccc3OC(=O)c3ccccc3)o2)cc1. The molecule has 0 bridgehead atoms. The molecule has 0 atom stereocenters. The van der Waals surface area contributed by atoms with Crippen molar-refractivity contribution in [2.45, 2.75) is 58.3 Å². The van der Waals surface area contributed by atoms with E-state index < -0.39 is 5.97 Å². The summed E-state index contributed by atoms with van der Waals surface area (Å²) in [5.41, 5.74) is 3.24. The van der Waals surface area contributed by atoms with Crippen molar-refractivity contribution in [3.63, 3.8) is 0 Å². The van der Waals surface area contributed by atoms with E-state index in [2.05, 4.69) is 29.3 Å². The third-order valence-electron chi connectivity index (χ3n) is 6.02. The fourth-order valence-corrected chi connectivity index (χ4v) is 4.01. The lowest BCUT2D eigenvalue weighted by molar-refractivity contribution is 0.0735. The van der Waals surface area contributed by atoms with Crippen LogP contribution < -0.4 is 4.74 Å². The molecule has 0 fully saturated rings. The van der Waals surface area contributed by atoms with Crippen molar-refractivity contribution < 1.29 is 13.9 Å². The number of esters is 1. The molecule has 0 saturated heterocycles. The van der Waals surface area contributed by atoms with Gasteiger partial charge in [-0.1, -0.05) is 87.9 Å². The van der Waals surface area contributed by atoms with E-state index in [1.54, 1.807) is 42.5 Å². The summed E-state index contributed by atoms with van der Waals surface area (Å²) in [7, 11) is 0. The van der Waals surface area contributed by atoms with Crippen LogP contribution >= 0.6 is 0 Å². The first-order chi connectivity index (χ1) is 17.2. The van der Waals surface area contributed by atoms with Crippen LogP contribution in [0.3, 0.4) is 0 Å². The Bertz CT molecular complexity index is 1200. The summed E-state index contributed by atoms with van der Waals surface area (Å²) in [6.07, 6.45) is 10.3. The average Bonchev–Trinajstić information content (AvgIpc) is 3.39. The van der Waals surface area contributed by atoms with Gasteiger partial charge in [0, 0.05) is 5.56 Å². The van der Waals surface area contributed by atoms with Crippen LogP contribution in [-0.4, -0.2) is 16.2 Å². The Morgan fingerprint density at radius 3 is 2.17 bits per heavy atom. The van der Waals surface area contributed by atoms with Crippen molar-refractivity contribution in [3.05, 3.63) is 90.0 Å². The largest absolute Gasteiger partial charge is 0.422 e. The number of nitrogens with zero attached hydrogens (tertiary/aromatic N) is 2. The smallest absolute Gasteiger partial charge is 0.343 e. The van der Waals surface area contributed by atoms with E-state index in [9.17, 15) is 4.79 Å². The molecule has 3 aromatic carbocycles. The molecule has 0 radical (unpaired) electrons. The molecular weight excluding hydrogens is 436 g/mol. The van der Waals surface area contributed by atoms with E-state index in [4.69, 9.17) is 9.15 Å². The Balaban J connectivity index is 1.38. The zero-order valence-electron chi connectivity index (χ0n) is 20.3. The normalized spacial score (nSPS) is 10.9. The first kappa shape index (κ1) is 24.4. The zero-order chi connectivity index (χ0) is 24.3. The number of carbonyl (C=O) groups excluding carboxylic acids is 1. The summed E-state index contributed by atoms with van der Waals surface area (Å²) in [6.45, 7) is 2.25. The number of ether oxygens (including phenoxy) is 1. The van der Waals surface area contributed by atoms with Gasteiger partial charge in [0.05, 0.1) is 11.1 Å². The predicted molar refractivity (Wildman–Crippen MR) is 138 cm³/mol. The van der Waals surface area contributed by atoms with Crippen molar-refractivity contribution >= 4 is 5.97 Å². The second-order valence-corrected chi connectivity index (χ2v) is 8.73. The monoisotopic (exact) mass is 468 g/mol. The van der Waals surface area contributed by atoms with Crippen LogP contribution in [0.5, 0.6) is 5.75 Å². The minimum absolute atomic E-state index is 0.309. The molecule has 0 N–H and O–H groups in total. The lowest BCUT2D eigenvalue weighted by atomic mass is 10.0. The number of aryl methyl sites for hydroxylation is 1. The van der Waals surface area contributed by atoms with Crippen molar-refractivity contribution in [1.29, 1.82) is 0 Å².